The minimum Gasteiger partial charge on any atom is -0.454 e. The summed E-state index contributed by atoms with van der Waals surface area (Å²) in [6, 6.07) is 5.33. The van der Waals surface area contributed by atoms with Crippen molar-refractivity contribution in [2.45, 2.75) is 32.9 Å². The van der Waals surface area contributed by atoms with Crippen molar-refractivity contribution in [3.05, 3.63) is 40.7 Å². The summed E-state index contributed by atoms with van der Waals surface area (Å²) >= 11 is 0. The first-order chi connectivity index (χ1) is 12.8. The number of hydrogen-bond donors (Lipinski definition) is 1. The number of aromatic nitrogens is 2. The van der Waals surface area contributed by atoms with Crippen LogP contribution in [-0.4, -0.2) is 42.4 Å². The smallest absolute Gasteiger partial charge is 0.255 e. The normalized spacial score (nSPS) is 20.0. The number of hydrogen-bond acceptors (Lipinski definition) is 6. The summed E-state index contributed by atoms with van der Waals surface area (Å²) in [4.78, 5) is 12.7. The second kappa shape index (κ2) is 6.56. The summed E-state index contributed by atoms with van der Waals surface area (Å²) < 4.78 is 35.8. The van der Waals surface area contributed by atoms with Crippen molar-refractivity contribution in [3.63, 3.8) is 0 Å². The molecule has 0 unspecified atom stereocenters. The number of carbonyl (C=O) groups excluding carboxylic acids is 1. The highest BCUT2D eigenvalue weighted by Gasteiger charge is 2.32. The lowest BCUT2D eigenvalue weighted by Crippen LogP contribution is -2.24. The largest absolute Gasteiger partial charge is 0.454 e. The number of nitrogens with zero attached hydrogens (tertiary/aromatic N) is 2. The number of ether oxygens (including phenoxy) is 2. The molecule has 2 aromatic rings. The van der Waals surface area contributed by atoms with Crippen LogP contribution in [0.1, 0.15) is 39.8 Å². The molecule has 144 valence electrons. The number of fused-ring (bicyclic) bond motifs is 1. The number of nitrogens with one attached hydrogen (secondary N) is 1. The molecule has 1 atom stereocenters. The Labute approximate surface area is 157 Å². The van der Waals surface area contributed by atoms with Gasteiger partial charge in [-0.25, -0.2) is 8.42 Å². The molecular formula is C18H21N3O5S. The number of carbonyl (C=O) groups is 1. The highest BCUT2D eigenvalue weighted by atomic mass is 32.2. The van der Waals surface area contributed by atoms with Crippen LogP contribution in [0.3, 0.4) is 0 Å². The number of benzene rings is 1. The Bertz CT molecular complexity index is 1010. The van der Waals surface area contributed by atoms with Crippen molar-refractivity contribution in [2.24, 2.45) is 0 Å². The lowest BCUT2D eigenvalue weighted by molar-refractivity contribution is 0.0949. The molecule has 1 aromatic heterocycles. The molecule has 1 amide bonds. The Kier molecular flexibility index (Phi) is 4.33. The summed E-state index contributed by atoms with van der Waals surface area (Å²) in [5, 5.41) is 7.34. The van der Waals surface area contributed by atoms with Gasteiger partial charge < -0.3 is 14.8 Å². The van der Waals surface area contributed by atoms with Gasteiger partial charge in [-0.2, -0.15) is 5.10 Å². The van der Waals surface area contributed by atoms with Crippen LogP contribution in [-0.2, 0) is 16.4 Å². The van der Waals surface area contributed by atoms with Gasteiger partial charge in [-0.3, -0.25) is 9.48 Å². The number of rotatable bonds is 4. The van der Waals surface area contributed by atoms with Gasteiger partial charge in [0.1, 0.15) is 0 Å². The molecule has 0 spiro atoms. The van der Waals surface area contributed by atoms with Crippen molar-refractivity contribution in [2.75, 3.05) is 18.3 Å². The first kappa shape index (κ1) is 17.8. The topological polar surface area (TPSA) is 99.5 Å². The molecule has 4 rings (SSSR count). The SMILES string of the molecule is Cc1nn([C@@H]2CCS(=O)(=O)C2)c(C)c1C(=O)NCc1ccc2c(c1)OCO2. The Morgan fingerprint density at radius 2 is 2.07 bits per heavy atom. The van der Waals surface area contributed by atoms with Gasteiger partial charge in [0.25, 0.3) is 5.91 Å². The molecule has 3 heterocycles. The van der Waals surface area contributed by atoms with E-state index in [2.05, 4.69) is 10.4 Å². The molecule has 1 fully saturated rings. The zero-order valence-electron chi connectivity index (χ0n) is 15.2. The maximum Gasteiger partial charge on any atom is 0.255 e. The minimum atomic E-state index is -3.02. The average molecular weight is 391 g/mol. The zero-order chi connectivity index (χ0) is 19.2. The van der Waals surface area contributed by atoms with E-state index in [4.69, 9.17) is 9.47 Å². The van der Waals surface area contributed by atoms with E-state index in [0.29, 0.717) is 41.4 Å². The van der Waals surface area contributed by atoms with Crippen LogP contribution in [0.2, 0.25) is 0 Å². The van der Waals surface area contributed by atoms with Gasteiger partial charge in [0, 0.05) is 12.2 Å². The highest BCUT2D eigenvalue weighted by molar-refractivity contribution is 7.91. The molecule has 1 saturated heterocycles. The molecule has 8 nitrogen and oxygen atoms in total. The van der Waals surface area contributed by atoms with E-state index in [1.165, 1.54) is 0 Å². The van der Waals surface area contributed by atoms with Gasteiger partial charge in [0.2, 0.25) is 6.79 Å². The van der Waals surface area contributed by atoms with Crippen LogP contribution in [0, 0.1) is 13.8 Å². The Hall–Kier alpha value is -2.55. The molecule has 9 heteroatoms. The molecule has 0 radical (unpaired) electrons. The Morgan fingerprint density at radius 1 is 1.30 bits per heavy atom. The molecule has 1 N–H and O–H groups in total. The number of amides is 1. The molecule has 0 bridgehead atoms. The predicted molar refractivity (Wildman–Crippen MR) is 97.7 cm³/mol. The summed E-state index contributed by atoms with van der Waals surface area (Å²) in [5.41, 5.74) is 2.69. The summed E-state index contributed by atoms with van der Waals surface area (Å²) in [7, 11) is -3.02. The zero-order valence-corrected chi connectivity index (χ0v) is 16.0. The fourth-order valence-corrected chi connectivity index (χ4v) is 5.33. The Balaban J connectivity index is 1.49. The average Bonchev–Trinajstić information content (AvgIpc) is 3.29. The standard InChI is InChI=1S/C18H21N3O5S/c1-11-17(12(2)21(20-11)14-5-6-27(23,24)9-14)18(22)19-8-13-3-4-15-16(7-13)26-10-25-15/h3-4,7,14H,5-6,8-10H2,1-2H3,(H,19,22)/t14-/m1/s1. The lowest BCUT2D eigenvalue weighted by Gasteiger charge is -2.11. The first-order valence-electron chi connectivity index (χ1n) is 8.77. The molecular weight excluding hydrogens is 370 g/mol. The van der Waals surface area contributed by atoms with E-state index in [1.807, 2.05) is 18.2 Å². The maximum absolute atomic E-state index is 12.7. The van der Waals surface area contributed by atoms with E-state index >= 15 is 0 Å². The van der Waals surface area contributed by atoms with Gasteiger partial charge in [0.15, 0.2) is 21.3 Å². The summed E-state index contributed by atoms with van der Waals surface area (Å²) in [6.07, 6.45) is 0.530. The van der Waals surface area contributed by atoms with Crippen molar-refractivity contribution in [1.82, 2.24) is 15.1 Å². The fourth-order valence-electron chi connectivity index (χ4n) is 3.64. The van der Waals surface area contributed by atoms with Gasteiger partial charge in [0.05, 0.1) is 28.8 Å². The van der Waals surface area contributed by atoms with E-state index < -0.39 is 9.84 Å². The second-order valence-corrected chi connectivity index (χ2v) is 9.15. The summed E-state index contributed by atoms with van der Waals surface area (Å²) in [6.45, 7) is 4.12. The van der Waals surface area contributed by atoms with Crippen LogP contribution >= 0.6 is 0 Å². The van der Waals surface area contributed by atoms with E-state index in [9.17, 15) is 13.2 Å². The third-order valence-electron chi connectivity index (χ3n) is 5.00. The van der Waals surface area contributed by atoms with Crippen molar-refractivity contribution < 1.29 is 22.7 Å². The van der Waals surface area contributed by atoms with Crippen molar-refractivity contribution in [3.8, 4) is 11.5 Å². The van der Waals surface area contributed by atoms with E-state index in [0.717, 1.165) is 5.56 Å². The maximum atomic E-state index is 12.7. The van der Waals surface area contributed by atoms with Gasteiger partial charge in [-0.05, 0) is 38.0 Å². The van der Waals surface area contributed by atoms with Gasteiger partial charge >= 0.3 is 0 Å². The highest BCUT2D eigenvalue weighted by Crippen LogP contribution is 2.32. The monoisotopic (exact) mass is 391 g/mol. The molecule has 2 aliphatic rings. The number of aryl methyl sites for hydroxylation is 1. The van der Waals surface area contributed by atoms with E-state index in [1.54, 1.807) is 18.5 Å². The van der Waals surface area contributed by atoms with Gasteiger partial charge in [-0.15, -0.1) is 0 Å². The molecule has 0 saturated carbocycles. The van der Waals surface area contributed by atoms with Crippen LogP contribution in [0.25, 0.3) is 0 Å². The Morgan fingerprint density at radius 3 is 2.81 bits per heavy atom. The van der Waals surface area contributed by atoms with Crippen LogP contribution in [0.15, 0.2) is 18.2 Å². The van der Waals surface area contributed by atoms with Crippen LogP contribution < -0.4 is 14.8 Å². The predicted octanol–water partition coefficient (Wildman–Crippen LogP) is 1.52. The molecule has 2 aliphatic heterocycles. The van der Waals surface area contributed by atoms with Crippen molar-refractivity contribution >= 4 is 15.7 Å². The van der Waals surface area contributed by atoms with Gasteiger partial charge in [-0.1, -0.05) is 6.07 Å². The fraction of sp³-hybridized carbons (Fsp3) is 0.444. The molecule has 27 heavy (non-hydrogen) atoms. The third kappa shape index (κ3) is 3.39. The van der Waals surface area contributed by atoms with Crippen LogP contribution in [0.4, 0.5) is 0 Å². The van der Waals surface area contributed by atoms with Crippen LogP contribution in [0.5, 0.6) is 11.5 Å². The third-order valence-corrected chi connectivity index (χ3v) is 6.75. The molecule has 1 aromatic carbocycles. The van der Waals surface area contributed by atoms with Crippen molar-refractivity contribution in [1.29, 1.82) is 0 Å². The second-order valence-electron chi connectivity index (χ2n) is 6.92. The minimum absolute atomic E-state index is 0.0766. The van der Waals surface area contributed by atoms with E-state index in [-0.39, 0.29) is 30.2 Å². The number of sulfone groups is 1. The molecule has 0 aliphatic carbocycles. The lowest BCUT2D eigenvalue weighted by atomic mass is 10.1. The first-order valence-corrected chi connectivity index (χ1v) is 10.6. The summed E-state index contributed by atoms with van der Waals surface area (Å²) in [5.74, 6) is 1.39. The quantitative estimate of drug-likeness (QED) is 0.848.